The van der Waals surface area contributed by atoms with E-state index in [1.807, 2.05) is 0 Å². The minimum atomic E-state index is -0.938. The number of methoxy groups -OCH3 is 1. The maximum absolute atomic E-state index is 14.0. The largest absolute Gasteiger partial charge is 0.506 e. The number of halogens is 2. The van der Waals surface area contributed by atoms with E-state index in [-0.39, 0.29) is 15.9 Å². The summed E-state index contributed by atoms with van der Waals surface area (Å²) in [5, 5.41) is 10.3. The SMILES string of the molecule is COC(=O)c1c(O)c2cc(F)c(Br)c3c2n(c1=O)C(C)C3. The Morgan fingerprint density at radius 2 is 2.24 bits per heavy atom. The lowest BCUT2D eigenvalue weighted by molar-refractivity contribution is 0.0595. The first-order valence-electron chi connectivity index (χ1n) is 6.24. The molecule has 0 amide bonds. The van der Waals surface area contributed by atoms with Crippen LogP contribution in [0.1, 0.15) is 28.9 Å². The van der Waals surface area contributed by atoms with Gasteiger partial charge in [0.25, 0.3) is 5.56 Å². The van der Waals surface area contributed by atoms with Gasteiger partial charge in [-0.25, -0.2) is 9.18 Å². The van der Waals surface area contributed by atoms with Gasteiger partial charge < -0.3 is 14.4 Å². The summed E-state index contributed by atoms with van der Waals surface area (Å²) in [6.45, 7) is 1.79. The van der Waals surface area contributed by atoms with E-state index in [4.69, 9.17) is 0 Å². The second kappa shape index (κ2) is 4.56. The highest BCUT2D eigenvalue weighted by Crippen LogP contribution is 2.41. The van der Waals surface area contributed by atoms with Crippen molar-refractivity contribution in [3.63, 3.8) is 0 Å². The molecule has 2 heterocycles. The minimum Gasteiger partial charge on any atom is -0.506 e. The normalized spacial score (nSPS) is 16.5. The molecule has 1 aliphatic rings. The van der Waals surface area contributed by atoms with E-state index < -0.39 is 28.7 Å². The maximum Gasteiger partial charge on any atom is 0.347 e. The Hall–Kier alpha value is -1.89. The fourth-order valence-corrected chi connectivity index (χ4v) is 3.33. The maximum atomic E-state index is 14.0. The van der Waals surface area contributed by atoms with Crippen LogP contribution in [0, 0.1) is 5.82 Å². The molecule has 0 fully saturated rings. The van der Waals surface area contributed by atoms with Crippen molar-refractivity contribution in [1.29, 1.82) is 0 Å². The fraction of sp³-hybridized carbons (Fsp3) is 0.286. The molecular formula is C14H11BrFNO4. The van der Waals surface area contributed by atoms with E-state index >= 15 is 0 Å². The molecule has 0 spiro atoms. The Morgan fingerprint density at radius 3 is 2.86 bits per heavy atom. The van der Waals surface area contributed by atoms with Crippen LogP contribution >= 0.6 is 15.9 Å². The molecule has 1 N–H and O–H groups in total. The Bertz CT molecular complexity index is 859. The van der Waals surface area contributed by atoms with Crippen LogP contribution in [-0.2, 0) is 11.2 Å². The minimum absolute atomic E-state index is 0.134. The molecule has 1 aromatic carbocycles. The first kappa shape index (κ1) is 14.1. The van der Waals surface area contributed by atoms with Gasteiger partial charge in [-0.1, -0.05) is 0 Å². The highest BCUT2D eigenvalue weighted by Gasteiger charge is 2.32. The van der Waals surface area contributed by atoms with Crippen molar-refractivity contribution in [2.45, 2.75) is 19.4 Å². The summed E-state index contributed by atoms with van der Waals surface area (Å²) < 4.78 is 20.2. The van der Waals surface area contributed by atoms with Gasteiger partial charge >= 0.3 is 5.97 Å². The summed E-state index contributed by atoms with van der Waals surface area (Å²) in [4.78, 5) is 24.2. The zero-order valence-electron chi connectivity index (χ0n) is 11.2. The number of ether oxygens (including phenoxy) is 1. The third-order valence-electron chi connectivity index (χ3n) is 3.78. The molecule has 0 aliphatic carbocycles. The van der Waals surface area contributed by atoms with Crippen molar-refractivity contribution < 1.29 is 19.0 Å². The first-order valence-corrected chi connectivity index (χ1v) is 7.04. The lowest BCUT2D eigenvalue weighted by Gasteiger charge is -2.13. The number of hydrogen-bond donors (Lipinski definition) is 1. The third-order valence-corrected chi connectivity index (χ3v) is 4.64. The second-order valence-electron chi connectivity index (χ2n) is 4.99. The number of nitrogens with zero attached hydrogens (tertiary/aromatic N) is 1. The molecule has 0 bridgehead atoms. The van der Waals surface area contributed by atoms with Crippen LogP contribution in [0.2, 0.25) is 0 Å². The van der Waals surface area contributed by atoms with Crippen LogP contribution in [-0.4, -0.2) is 22.8 Å². The summed E-state index contributed by atoms with van der Waals surface area (Å²) in [7, 11) is 1.12. The molecule has 2 aromatic rings. The van der Waals surface area contributed by atoms with Gasteiger partial charge in [-0.05, 0) is 40.9 Å². The highest BCUT2D eigenvalue weighted by molar-refractivity contribution is 9.10. The van der Waals surface area contributed by atoms with E-state index in [2.05, 4.69) is 20.7 Å². The number of carbonyl (C=O) groups excluding carboxylic acids is 1. The average molecular weight is 356 g/mol. The van der Waals surface area contributed by atoms with Gasteiger partial charge in [0.2, 0.25) is 0 Å². The van der Waals surface area contributed by atoms with E-state index in [0.29, 0.717) is 17.5 Å². The molecule has 21 heavy (non-hydrogen) atoms. The van der Waals surface area contributed by atoms with Crippen LogP contribution in [0.15, 0.2) is 15.3 Å². The zero-order valence-corrected chi connectivity index (χ0v) is 12.8. The lowest BCUT2D eigenvalue weighted by Crippen LogP contribution is -2.27. The molecule has 1 atom stereocenters. The summed E-state index contributed by atoms with van der Waals surface area (Å²) in [6, 6.07) is 0.871. The molecule has 0 radical (unpaired) electrons. The summed E-state index contributed by atoms with van der Waals surface area (Å²) in [6.07, 6.45) is 0.439. The molecule has 3 rings (SSSR count). The molecule has 1 unspecified atom stereocenters. The molecule has 1 aromatic heterocycles. The fourth-order valence-electron chi connectivity index (χ4n) is 2.86. The molecule has 110 valence electrons. The molecule has 1 aliphatic heterocycles. The Balaban J connectivity index is 2.57. The van der Waals surface area contributed by atoms with Gasteiger partial charge in [0.05, 0.1) is 17.1 Å². The standard InChI is InChI=1S/C14H11BrFNO4/c1-5-3-6-10(15)8(16)4-7-11(6)17(5)13(19)9(12(7)18)14(20)21-2/h4-5,18H,3H2,1-2H3. The van der Waals surface area contributed by atoms with Gasteiger partial charge in [0, 0.05) is 11.4 Å². The van der Waals surface area contributed by atoms with E-state index in [1.165, 1.54) is 4.57 Å². The Morgan fingerprint density at radius 1 is 1.57 bits per heavy atom. The van der Waals surface area contributed by atoms with Gasteiger partial charge in [-0.15, -0.1) is 0 Å². The van der Waals surface area contributed by atoms with Crippen molar-refractivity contribution in [2.24, 2.45) is 0 Å². The zero-order chi connectivity index (χ0) is 15.5. The number of aromatic nitrogens is 1. The van der Waals surface area contributed by atoms with Crippen molar-refractivity contribution in [2.75, 3.05) is 7.11 Å². The number of aromatic hydroxyl groups is 1. The van der Waals surface area contributed by atoms with Gasteiger partial charge in [-0.3, -0.25) is 4.79 Å². The van der Waals surface area contributed by atoms with Crippen molar-refractivity contribution in [3.8, 4) is 5.75 Å². The number of pyridine rings is 1. The summed E-state index contributed by atoms with van der Waals surface area (Å²) in [5.74, 6) is -2.03. The van der Waals surface area contributed by atoms with Gasteiger partial charge in [0.1, 0.15) is 11.6 Å². The highest BCUT2D eigenvalue weighted by atomic mass is 79.9. The molecule has 0 saturated heterocycles. The molecule has 0 saturated carbocycles. The first-order chi connectivity index (χ1) is 9.88. The van der Waals surface area contributed by atoms with Gasteiger partial charge in [-0.2, -0.15) is 0 Å². The van der Waals surface area contributed by atoms with Crippen molar-refractivity contribution in [3.05, 3.63) is 37.8 Å². The second-order valence-corrected chi connectivity index (χ2v) is 5.78. The quantitative estimate of drug-likeness (QED) is 0.798. The summed E-state index contributed by atoms with van der Waals surface area (Å²) in [5.41, 5.74) is -0.0322. The molecule has 7 heteroatoms. The number of carbonyl (C=O) groups is 1. The topological polar surface area (TPSA) is 68.5 Å². The van der Waals surface area contributed by atoms with E-state index in [1.54, 1.807) is 6.92 Å². The number of esters is 1. The predicted octanol–water partition coefficient (Wildman–Crippen LogP) is 2.51. The monoisotopic (exact) mass is 355 g/mol. The average Bonchev–Trinajstić information content (AvgIpc) is 2.79. The number of hydrogen-bond acceptors (Lipinski definition) is 4. The van der Waals surface area contributed by atoms with Crippen LogP contribution in [0.25, 0.3) is 10.9 Å². The predicted molar refractivity (Wildman–Crippen MR) is 77.3 cm³/mol. The third kappa shape index (κ3) is 1.73. The van der Waals surface area contributed by atoms with Crippen LogP contribution in [0.4, 0.5) is 4.39 Å². The van der Waals surface area contributed by atoms with Crippen molar-refractivity contribution >= 4 is 32.8 Å². The molecular weight excluding hydrogens is 345 g/mol. The summed E-state index contributed by atoms with van der Waals surface area (Å²) >= 11 is 3.17. The number of rotatable bonds is 1. The Labute approximate surface area is 127 Å². The van der Waals surface area contributed by atoms with E-state index in [0.717, 1.165) is 13.2 Å². The molecule has 5 nitrogen and oxygen atoms in total. The lowest BCUT2D eigenvalue weighted by atomic mass is 10.1. The number of benzene rings is 1. The Kier molecular flexibility index (Phi) is 3.05. The van der Waals surface area contributed by atoms with Gasteiger partial charge in [0.15, 0.2) is 5.56 Å². The van der Waals surface area contributed by atoms with Crippen LogP contribution < -0.4 is 5.56 Å². The van der Waals surface area contributed by atoms with E-state index in [9.17, 15) is 19.1 Å². The smallest absolute Gasteiger partial charge is 0.347 e. The van der Waals surface area contributed by atoms with Crippen LogP contribution in [0.3, 0.4) is 0 Å². The van der Waals surface area contributed by atoms with Crippen LogP contribution in [0.5, 0.6) is 5.75 Å². The van der Waals surface area contributed by atoms with Crippen molar-refractivity contribution in [1.82, 2.24) is 4.57 Å².